The van der Waals surface area contributed by atoms with Gasteiger partial charge >= 0.3 is 5.97 Å². The van der Waals surface area contributed by atoms with Crippen molar-refractivity contribution in [3.8, 4) is 12.3 Å². The highest BCUT2D eigenvalue weighted by Gasteiger charge is 2.18. The van der Waals surface area contributed by atoms with Crippen LogP contribution >= 0.6 is 0 Å². The first-order valence-electron chi connectivity index (χ1n) is 4.96. The lowest BCUT2D eigenvalue weighted by molar-refractivity contribution is 0.0696. The highest BCUT2D eigenvalue weighted by molar-refractivity contribution is 5.87. The molecule has 1 aromatic rings. The molecule has 1 aromatic heterocycles. The smallest absolute Gasteiger partial charge is 0.337 e. The van der Waals surface area contributed by atoms with E-state index in [2.05, 4.69) is 16.2 Å². The van der Waals surface area contributed by atoms with E-state index >= 15 is 0 Å². The Morgan fingerprint density at radius 3 is 2.75 bits per heavy atom. The van der Waals surface area contributed by atoms with Crippen molar-refractivity contribution < 1.29 is 9.90 Å². The van der Waals surface area contributed by atoms with Crippen molar-refractivity contribution in [3.63, 3.8) is 0 Å². The van der Waals surface area contributed by atoms with E-state index in [-0.39, 0.29) is 5.56 Å². The van der Waals surface area contributed by atoms with Gasteiger partial charge in [0.1, 0.15) is 5.82 Å². The van der Waals surface area contributed by atoms with E-state index in [1.807, 2.05) is 13.8 Å². The summed E-state index contributed by atoms with van der Waals surface area (Å²) in [5.74, 6) is 2.23. The Balaban J connectivity index is 2.84. The summed E-state index contributed by atoms with van der Waals surface area (Å²) in [6, 6.07) is 3.10. The van der Waals surface area contributed by atoms with Crippen molar-refractivity contribution in [1.82, 2.24) is 4.98 Å². The molecule has 0 saturated heterocycles. The van der Waals surface area contributed by atoms with Gasteiger partial charge in [-0.1, -0.05) is 12.8 Å². The van der Waals surface area contributed by atoms with Gasteiger partial charge in [0, 0.05) is 6.20 Å². The molecule has 4 heteroatoms. The molecule has 0 bridgehead atoms. The molecule has 0 fully saturated rings. The van der Waals surface area contributed by atoms with Crippen molar-refractivity contribution in [3.05, 3.63) is 23.9 Å². The lowest BCUT2D eigenvalue weighted by Crippen LogP contribution is -2.32. The van der Waals surface area contributed by atoms with E-state index in [1.165, 1.54) is 12.3 Å². The Hall–Kier alpha value is -2.02. The topological polar surface area (TPSA) is 62.2 Å². The second-order valence-corrected chi connectivity index (χ2v) is 3.69. The van der Waals surface area contributed by atoms with Gasteiger partial charge in [-0.15, -0.1) is 6.42 Å². The minimum Gasteiger partial charge on any atom is -0.478 e. The Morgan fingerprint density at radius 2 is 2.38 bits per heavy atom. The predicted octanol–water partition coefficient (Wildman–Crippen LogP) is 1.99. The van der Waals surface area contributed by atoms with Gasteiger partial charge in [0.05, 0.1) is 11.1 Å². The molecule has 16 heavy (non-hydrogen) atoms. The molecule has 1 heterocycles. The number of nitrogens with one attached hydrogen (secondary N) is 1. The summed E-state index contributed by atoms with van der Waals surface area (Å²) >= 11 is 0. The van der Waals surface area contributed by atoms with E-state index in [0.29, 0.717) is 5.82 Å². The number of aromatic carboxylic acids is 1. The molecule has 0 radical (unpaired) electrons. The minimum absolute atomic E-state index is 0.157. The fourth-order valence-corrected chi connectivity index (χ4v) is 1.10. The first-order valence-corrected chi connectivity index (χ1v) is 4.96. The monoisotopic (exact) mass is 218 g/mol. The first-order chi connectivity index (χ1) is 7.50. The largest absolute Gasteiger partial charge is 0.478 e. The maximum absolute atomic E-state index is 10.6. The van der Waals surface area contributed by atoms with Gasteiger partial charge in [0.15, 0.2) is 0 Å². The molecule has 4 nitrogen and oxygen atoms in total. The molecule has 0 aliphatic rings. The predicted molar refractivity (Wildman–Crippen MR) is 62.3 cm³/mol. The molecule has 0 spiro atoms. The average Bonchev–Trinajstić information content (AvgIpc) is 2.29. The van der Waals surface area contributed by atoms with Gasteiger partial charge in [-0.25, -0.2) is 9.78 Å². The molecule has 1 rings (SSSR count). The van der Waals surface area contributed by atoms with Crippen LogP contribution in [-0.2, 0) is 0 Å². The van der Waals surface area contributed by atoms with E-state index < -0.39 is 11.5 Å². The molecule has 0 saturated carbocycles. The molecular weight excluding hydrogens is 204 g/mol. The second kappa shape index (κ2) is 4.67. The van der Waals surface area contributed by atoms with Crippen molar-refractivity contribution in [1.29, 1.82) is 0 Å². The van der Waals surface area contributed by atoms with Crippen molar-refractivity contribution in [2.45, 2.75) is 25.8 Å². The van der Waals surface area contributed by atoms with Crippen LogP contribution in [-0.4, -0.2) is 21.6 Å². The van der Waals surface area contributed by atoms with Crippen LogP contribution in [0.3, 0.4) is 0 Å². The molecule has 1 unspecified atom stereocenters. The number of rotatable bonds is 4. The number of anilines is 1. The summed E-state index contributed by atoms with van der Waals surface area (Å²) in [5.41, 5.74) is -0.304. The number of terminal acetylenes is 1. The van der Waals surface area contributed by atoms with Crippen molar-refractivity contribution >= 4 is 11.8 Å². The number of pyridine rings is 1. The molecule has 0 aliphatic carbocycles. The van der Waals surface area contributed by atoms with Crippen LogP contribution in [0.25, 0.3) is 0 Å². The second-order valence-electron chi connectivity index (χ2n) is 3.69. The highest BCUT2D eigenvalue weighted by Crippen LogP contribution is 2.15. The van der Waals surface area contributed by atoms with E-state index in [0.717, 1.165) is 6.42 Å². The molecule has 0 aliphatic heterocycles. The lowest BCUT2D eigenvalue weighted by atomic mass is 10.0. The molecule has 0 aromatic carbocycles. The van der Waals surface area contributed by atoms with Gasteiger partial charge < -0.3 is 10.4 Å². The number of carboxylic acids is 1. The number of hydrogen-bond acceptors (Lipinski definition) is 3. The van der Waals surface area contributed by atoms with Crippen LogP contribution in [0.2, 0.25) is 0 Å². The van der Waals surface area contributed by atoms with E-state index in [4.69, 9.17) is 11.5 Å². The Bertz CT molecular complexity index is 420. The number of carbonyl (C=O) groups is 1. The summed E-state index contributed by atoms with van der Waals surface area (Å²) in [6.45, 7) is 3.86. The standard InChI is InChI=1S/C12H14N2O2/c1-4-12(3,5-2)14-10-7-6-9(8-13-10)11(15)16/h1,6-8H,5H2,2-3H3,(H,13,14)(H,15,16). The Labute approximate surface area is 94.7 Å². The van der Waals surface area contributed by atoms with Crippen LogP contribution in [0.15, 0.2) is 18.3 Å². The van der Waals surface area contributed by atoms with Crippen LogP contribution in [0.1, 0.15) is 30.6 Å². The first kappa shape index (κ1) is 12.1. The Kier molecular flexibility index (Phi) is 3.51. The summed E-state index contributed by atoms with van der Waals surface area (Å²) < 4.78 is 0. The van der Waals surface area contributed by atoms with Gasteiger partial charge in [0.2, 0.25) is 0 Å². The quantitative estimate of drug-likeness (QED) is 0.759. The zero-order valence-electron chi connectivity index (χ0n) is 9.32. The van der Waals surface area contributed by atoms with E-state index in [1.54, 1.807) is 6.07 Å². The van der Waals surface area contributed by atoms with Crippen LogP contribution in [0.4, 0.5) is 5.82 Å². The average molecular weight is 218 g/mol. The molecule has 2 N–H and O–H groups in total. The van der Waals surface area contributed by atoms with Gasteiger partial charge in [0.25, 0.3) is 0 Å². The van der Waals surface area contributed by atoms with Gasteiger partial charge in [-0.3, -0.25) is 0 Å². The summed E-state index contributed by atoms with van der Waals surface area (Å²) in [7, 11) is 0. The minimum atomic E-state index is -0.991. The molecular formula is C12H14N2O2. The zero-order chi connectivity index (χ0) is 12.2. The number of nitrogens with zero attached hydrogens (tertiary/aromatic N) is 1. The maximum atomic E-state index is 10.6. The fourth-order valence-electron chi connectivity index (χ4n) is 1.10. The number of hydrogen-bond donors (Lipinski definition) is 2. The highest BCUT2D eigenvalue weighted by atomic mass is 16.4. The SMILES string of the molecule is C#CC(C)(CC)Nc1ccc(C(=O)O)cn1. The third-order valence-electron chi connectivity index (χ3n) is 2.44. The lowest BCUT2D eigenvalue weighted by Gasteiger charge is -2.23. The molecule has 84 valence electrons. The van der Waals surface area contributed by atoms with Crippen LogP contribution in [0, 0.1) is 12.3 Å². The Morgan fingerprint density at radius 1 is 1.69 bits per heavy atom. The van der Waals surface area contributed by atoms with Crippen LogP contribution in [0.5, 0.6) is 0 Å². The third kappa shape index (κ3) is 2.74. The summed E-state index contributed by atoms with van der Waals surface area (Å²) in [6.07, 6.45) is 7.47. The van der Waals surface area contributed by atoms with Gasteiger partial charge in [-0.2, -0.15) is 0 Å². The molecule has 1 atom stereocenters. The third-order valence-corrected chi connectivity index (χ3v) is 2.44. The summed E-state index contributed by atoms with van der Waals surface area (Å²) in [4.78, 5) is 14.6. The fraction of sp³-hybridized carbons (Fsp3) is 0.333. The van der Waals surface area contributed by atoms with E-state index in [9.17, 15) is 4.79 Å². The van der Waals surface area contributed by atoms with Crippen molar-refractivity contribution in [2.24, 2.45) is 0 Å². The van der Waals surface area contributed by atoms with Crippen LogP contribution < -0.4 is 5.32 Å². The normalized spacial score (nSPS) is 13.6. The molecule has 0 amide bonds. The summed E-state index contributed by atoms with van der Waals surface area (Å²) in [5, 5.41) is 11.8. The van der Waals surface area contributed by atoms with Crippen molar-refractivity contribution in [2.75, 3.05) is 5.32 Å². The number of carboxylic acid groups (broad SMARTS) is 1. The van der Waals surface area contributed by atoms with Gasteiger partial charge in [-0.05, 0) is 25.5 Å². The zero-order valence-corrected chi connectivity index (χ0v) is 9.32. The maximum Gasteiger partial charge on any atom is 0.337 e. The number of aromatic nitrogens is 1.